The molecule has 318 valence electrons. The van der Waals surface area contributed by atoms with E-state index in [4.69, 9.17) is 4.55 Å². The van der Waals surface area contributed by atoms with Crippen LogP contribution in [-0.2, 0) is 19.6 Å². The highest BCUT2D eigenvalue weighted by atomic mass is 32.2. The van der Waals surface area contributed by atoms with Crippen molar-refractivity contribution in [2.75, 3.05) is 0 Å². The highest BCUT2D eigenvalue weighted by molar-refractivity contribution is 7.87. The molecule has 0 bridgehead atoms. The molecule has 0 aromatic rings. The molecule has 0 aromatic carbocycles. The molecule has 0 aliphatic heterocycles. The second-order valence-electron chi connectivity index (χ2n) is 9.03. The van der Waals surface area contributed by atoms with Gasteiger partial charge in [0.25, 0.3) is 0 Å². The summed E-state index contributed by atoms with van der Waals surface area (Å²) in [5.74, 6) is -96.9. The van der Waals surface area contributed by atoms with Crippen LogP contribution in [0.5, 0.6) is 0 Å². The highest BCUT2D eigenvalue weighted by Crippen LogP contribution is 2.68. The van der Waals surface area contributed by atoms with Crippen molar-refractivity contribution in [1.29, 1.82) is 0 Å². The Morgan fingerprint density at radius 2 is 0.642 bits per heavy atom. The number of hydrogen-bond acceptors (Lipinski definition) is 4. The van der Waals surface area contributed by atoms with E-state index in [0.29, 0.717) is 0 Å². The van der Waals surface area contributed by atoms with Crippen LogP contribution in [0, 0.1) is 0 Å². The molecule has 37 heteroatoms. The van der Waals surface area contributed by atoms with Gasteiger partial charge in [0.05, 0.1) is 0 Å². The molecular formula is C16HF31O5S. The van der Waals surface area contributed by atoms with Crippen molar-refractivity contribution >= 4 is 10.1 Å². The number of halogens is 31. The normalized spacial score (nSPS) is 17.4. The number of hydrogen-bond donors (Lipinski definition) is 1. The van der Waals surface area contributed by atoms with Crippen molar-refractivity contribution in [1.82, 2.24) is 0 Å². The Balaban J connectivity index is 7.66. The van der Waals surface area contributed by atoms with Crippen LogP contribution < -0.4 is 0 Å². The van der Waals surface area contributed by atoms with Crippen molar-refractivity contribution in [3.63, 3.8) is 0 Å². The summed E-state index contributed by atoms with van der Waals surface area (Å²) >= 11 is 0. The first kappa shape index (κ1) is 50.2. The molecule has 0 spiro atoms. The summed E-state index contributed by atoms with van der Waals surface area (Å²) in [5, 5.41) is -8.38. The van der Waals surface area contributed by atoms with E-state index in [1.54, 1.807) is 0 Å². The monoisotopic (exact) mass is 894 g/mol. The van der Waals surface area contributed by atoms with Gasteiger partial charge in [-0.1, -0.05) is 0 Å². The largest absolute Gasteiger partial charge is 0.471 e. The highest BCUT2D eigenvalue weighted by Gasteiger charge is 3.00. The van der Waals surface area contributed by atoms with E-state index in [2.05, 4.69) is 0 Å². The fourth-order valence-corrected chi connectivity index (χ4v) is 3.10. The van der Waals surface area contributed by atoms with Crippen molar-refractivity contribution in [2.24, 2.45) is 0 Å². The third-order valence-corrected chi connectivity index (χ3v) is 6.49. The van der Waals surface area contributed by atoms with Gasteiger partial charge < -0.3 is 4.74 Å². The molecule has 5 nitrogen and oxygen atoms in total. The topological polar surface area (TPSA) is 72.8 Å². The Morgan fingerprint density at radius 1 is 0.396 bits per heavy atom. The second kappa shape index (κ2) is 12.6. The van der Waals surface area contributed by atoms with Gasteiger partial charge in [0, 0.05) is 0 Å². The number of rotatable bonds is 16. The molecule has 0 radical (unpaired) electrons. The predicted molar refractivity (Wildman–Crippen MR) is 93.3 cm³/mol. The molecule has 0 amide bonds. The summed E-state index contributed by atoms with van der Waals surface area (Å²) < 4.78 is 445. The van der Waals surface area contributed by atoms with E-state index in [-0.39, 0.29) is 0 Å². The maximum absolute atomic E-state index is 13.9. The minimum absolute atomic E-state index is 0.822. The van der Waals surface area contributed by atoms with Crippen molar-refractivity contribution < 1.29 is 159 Å². The Labute approximate surface area is 265 Å². The van der Waals surface area contributed by atoms with Crippen molar-refractivity contribution in [3.8, 4) is 0 Å². The molecular weight excluding hydrogens is 893 g/mol. The Bertz CT molecular complexity index is 1500. The smallest absolute Gasteiger partial charge is 0.398 e. The van der Waals surface area contributed by atoms with Gasteiger partial charge in [-0.2, -0.15) is 145 Å². The summed E-state index contributed by atoms with van der Waals surface area (Å²) in [6, 6.07) is -4.55. The lowest BCUT2D eigenvalue weighted by Crippen LogP contribution is -2.78. The predicted octanol–water partition coefficient (Wildman–Crippen LogP) is 9.67. The van der Waals surface area contributed by atoms with E-state index in [0.717, 1.165) is 4.74 Å². The molecule has 53 heavy (non-hydrogen) atoms. The molecule has 0 saturated heterocycles. The molecule has 0 aromatic heterocycles. The quantitative estimate of drug-likeness (QED) is 0.0950. The van der Waals surface area contributed by atoms with Crippen molar-refractivity contribution in [3.05, 3.63) is 12.1 Å². The zero-order valence-electron chi connectivity index (χ0n) is 22.2. The van der Waals surface area contributed by atoms with Gasteiger partial charge in [0.1, 0.15) is 0 Å². The SMILES string of the molecule is O=S(=O)(O)C(F)(F)C(F)(F)C(F)(F)C(F)(F)C(F)(F)C(F)(F)C(F)(F)C(F)(F)C(F)(F)C(F)(F)C(F)(F)OC(F)(C(F)(F)F)C(F)(F)OC(F)=C(F)F. The lowest BCUT2D eigenvalue weighted by molar-refractivity contribution is -0.537. The average molecular weight is 894 g/mol. The number of alkyl halides is 28. The van der Waals surface area contributed by atoms with Crippen LogP contribution in [0.4, 0.5) is 136 Å². The van der Waals surface area contributed by atoms with Gasteiger partial charge >= 0.3 is 105 Å². The summed E-state index contributed by atoms with van der Waals surface area (Å²) in [4.78, 5) is 0. The van der Waals surface area contributed by atoms with Crippen LogP contribution >= 0.6 is 0 Å². The molecule has 0 aliphatic rings. The van der Waals surface area contributed by atoms with E-state index in [9.17, 15) is 145 Å². The molecule has 0 rings (SSSR count). The fraction of sp³-hybridized carbons (Fsp3) is 0.875. The molecule has 0 fully saturated rings. The van der Waals surface area contributed by atoms with E-state index in [1.165, 1.54) is 4.74 Å². The van der Waals surface area contributed by atoms with Crippen LogP contribution in [0.25, 0.3) is 0 Å². The van der Waals surface area contributed by atoms with Crippen LogP contribution in [-0.4, -0.2) is 95.8 Å². The summed E-state index contributed by atoms with van der Waals surface area (Å²) in [6.45, 7) is 0. The van der Waals surface area contributed by atoms with Crippen LogP contribution in [0.1, 0.15) is 0 Å². The molecule has 1 atom stereocenters. The first-order chi connectivity index (χ1) is 22.3. The summed E-state index contributed by atoms with van der Waals surface area (Å²) in [6.07, 6.45) is -30.4. The first-order valence-corrected chi connectivity index (χ1v) is 12.1. The third kappa shape index (κ3) is 6.58. The summed E-state index contributed by atoms with van der Waals surface area (Å²) in [5.41, 5.74) is 0. The van der Waals surface area contributed by atoms with E-state index < -0.39 is 105 Å². The molecule has 0 heterocycles. The first-order valence-electron chi connectivity index (χ1n) is 10.6. The third-order valence-electron chi connectivity index (χ3n) is 5.58. The van der Waals surface area contributed by atoms with Crippen LogP contribution in [0.2, 0.25) is 0 Å². The van der Waals surface area contributed by atoms with Gasteiger partial charge in [0.15, 0.2) is 0 Å². The standard InChI is InChI=1S/C16HF31O5S/c17-1(18)2(19)51-15(44,45)12(38,13(39,40)41)52-14(42,43)10(34,35)8(30,31)6(26,27)4(22,23)3(20,21)5(24,25)7(28,29)9(32,33)11(36,37)16(46,47)53(48,49)50/h(H,48,49,50). The minimum Gasteiger partial charge on any atom is -0.398 e. The summed E-state index contributed by atoms with van der Waals surface area (Å²) in [7, 11) is -8.40. The zero-order valence-corrected chi connectivity index (χ0v) is 23.0. The van der Waals surface area contributed by atoms with Gasteiger partial charge in [-0.15, -0.1) is 0 Å². The van der Waals surface area contributed by atoms with Crippen LogP contribution in [0.3, 0.4) is 0 Å². The van der Waals surface area contributed by atoms with Gasteiger partial charge in [0.2, 0.25) is 0 Å². The Kier molecular flexibility index (Phi) is 12.0. The molecule has 0 saturated carbocycles. The van der Waals surface area contributed by atoms with Gasteiger partial charge in [-0.3, -0.25) is 9.29 Å². The molecule has 1 N–H and O–H groups in total. The minimum atomic E-state index is -10.1. The van der Waals surface area contributed by atoms with Gasteiger partial charge in [-0.25, -0.2) is 0 Å². The lowest BCUT2D eigenvalue weighted by Gasteiger charge is -2.45. The van der Waals surface area contributed by atoms with Gasteiger partial charge in [-0.05, 0) is 0 Å². The van der Waals surface area contributed by atoms with Crippen molar-refractivity contribution in [2.45, 2.75) is 82.8 Å². The zero-order chi connectivity index (χ0) is 44.1. The van der Waals surface area contributed by atoms with E-state index in [1.807, 2.05) is 0 Å². The Hall–Kier alpha value is -2.76. The lowest BCUT2D eigenvalue weighted by atomic mass is 9.86. The van der Waals surface area contributed by atoms with E-state index >= 15 is 0 Å². The average Bonchev–Trinajstić information content (AvgIpc) is 2.89. The Morgan fingerprint density at radius 3 is 0.868 bits per heavy atom. The fourth-order valence-electron chi connectivity index (χ4n) is 2.65. The maximum Gasteiger partial charge on any atom is 0.471 e. The molecule has 1 unspecified atom stereocenters. The molecule has 0 aliphatic carbocycles. The maximum atomic E-state index is 13.9. The number of ether oxygens (including phenoxy) is 2. The van der Waals surface area contributed by atoms with Crippen LogP contribution in [0.15, 0.2) is 12.1 Å². The second-order valence-corrected chi connectivity index (χ2v) is 10.5.